The summed E-state index contributed by atoms with van der Waals surface area (Å²) in [6, 6.07) is 11.7. The van der Waals surface area contributed by atoms with Crippen LogP contribution in [-0.2, 0) is 4.74 Å². The van der Waals surface area contributed by atoms with Crippen molar-refractivity contribution in [2.75, 3.05) is 18.0 Å². The van der Waals surface area contributed by atoms with Crippen LogP contribution in [0.25, 0.3) is 38.5 Å². The second kappa shape index (κ2) is 8.97. The van der Waals surface area contributed by atoms with Crippen molar-refractivity contribution in [3.63, 3.8) is 0 Å². The number of ether oxygens (including phenoxy) is 2. The van der Waals surface area contributed by atoms with Crippen molar-refractivity contribution in [1.29, 1.82) is 0 Å². The molecule has 2 aromatic heterocycles. The average molecular weight is 572 g/mol. The summed E-state index contributed by atoms with van der Waals surface area (Å²) < 4.78 is 35.3. The van der Waals surface area contributed by atoms with Crippen LogP contribution in [0.3, 0.4) is 0 Å². The maximum atomic E-state index is 15.9. The van der Waals surface area contributed by atoms with E-state index in [9.17, 15) is 19.5 Å². The van der Waals surface area contributed by atoms with Crippen molar-refractivity contribution >= 4 is 50.6 Å². The third-order valence-electron chi connectivity index (χ3n) is 7.56. The Kier molecular flexibility index (Phi) is 5.53. The molecule has 0 radical (unpaired) electrons. The Morgan fingerprint density at radius 2 is 1.88 bits per heavy atom. The van der Waals surface area contributed by atoms with E-state index in [1.54, 1.807) is 42.4 Å². The summed E-state index contributed by atoms with van der Waals surface area (Å²) in [5, 5.41) is 14.1. The van der Waals surface area contributed by atoms with Crippen LogP contribution in [0, 0.1) is 5.82 Å². The van der Waals surface area contributed by atoms with Gasteiger partial charge >= 0.3 is 12.1 Å². The summed E-state index contributed by atoms with van der Waals surface area (Å²) in [7, 11) is 0. The van der Waals surface area contributed by atoms with E-state index in [-0.39, 0.29) is 34.9 Å². The van der Waals surface area contributed by atoms with Crippen LogP contribution >= 0.6 is 0 Å². The molecule has 2 aliphatic heterocycles. The van der Waals surface area contributed by atoms with Crippen LogP contribution in [-0.4, -0.2) is 46.5 Å². The molecule has 42 heavy (non-hydrogen) atoms. The number of para-hydroxylation sites is 1. The fourth-order valence-corrected chi connectivity index (χ4v) is 5.83. The zero-order chi connectivity index (χ0) is 29.5. The molecule has 0 saturated carbocycles. The van der Waals surface area contributed by atoms with Crippen molar-refractivity contribution in [1.82, 2.24) is 9.88 Å². The molecule has 0 spiro atoms. The molecule has 1 atom stereocenters. The Morgan fingerprint density at radius 1 is 1.10 bits per heavy atom. The number of furan rings is 1. The lowest BCUT2D eigenvalue weighted by molar-refractivity contribution is 0.0508. The molecule has 2 N–H and O–H groups in total. The molecule has 1 amide bonds. The smallest absolute Gasteiger partial charge is 0.407 e. The van der Waals surface area contributed by atoms with Gasteiger partial charge in [0, 0.05) is 36.1 Å². The number of carboxylic acid groups (broad SMARTS) is 1. The lowest BCUT2D eigenvalue weighted by Gasteiger charge is -2.29. The van der Waals surface area contributed by atoms with Gasteiger partial charge in [-0.3, -0.25) is 4.79 Å². The van der Waals surface area contributed by atoms with Crippen LogP contribution in [0.5, 0.6) is 11.5 Å². The number of pyridine rings is 1. The summed E-state index contributed by atoms with van der Waals surface area (Å²) >= 11 is 0. The van der Waals surface area contributed by atoms with E-state index >= 15 is 4.39 Å². The normalized spacial score (nSPS) is 16.1. The Hall–Kier alpha value is -5.06. The number of aromatic carboxylic acids is 1. The topological polar surface area (TPSA) is 123 Å². The van der Waals surface area contributed by atoms with E-state index in [4.69, 9.17) is 13.9 Å². The molecule has 4 heterocycles. The molecule has 7 rings (SSSR count). The molecule has 3 aromatic carbocycles. The Labute approximate surface area is 237 Å². The lowest BCUT2D eigenvalue weighted by atomic mass is 10.0. The van der Waals surface area contributed by atoms with Gasteiger partial charge in [0.25, 0.3) is 0 Å². The fraction of sp³-hybridized carbons (Fsp3) is 0.258. The number of anilines is 1. The number of amides is 1. The maximum Gasteiger partial charge on any atom is 0.407 e. The molecule has 1 fully saturated rings. The Balaban J connectivity index is 1.39. The SMILES string of the molecule is CC(C)(C)OC(=O)N[C@H]1CCN(c2c(F)cc3c(=O)c(C(=O)O)cn4c3c2Oc2cc3c(cc2-4)oc2ccccc23)C1. The first-order valence-electron chi connectivity index (χ1n) is 13.5. The second-order valence-corrected chi connectivity index (χ2v) is 11.6. The number of nitrogens with one attached hydrogen (secondary N) is 1. The average Bonchev–Trinajstić information content (AvgIpc) is 3.51. The molecule has 5 aromatic rings. The number of benzene rings is 3. The molecule has 2 aliphatic rings. The van der Waals surface area contributed by atoms with Gasteiger partial charge in [-0.05, 0) is 45.4 Å². The summed E-state index contributed by atoms with van der Waals surface area (Å²) in [6.45, 7) is 5.98. The van der Waals surface area contributed by atoms with Gasteiger partial charge in [0.15, 0.2) is 17.3 Å². The molecule has 0 unspecified atom stereocenters. The van der Waals surface area contributed by atoms with Crippen LogP contribution in [0.15, 0.2) is 57.9 Å². The first-order valence-corrected chi connectivity index (χ1v) is 13.5. The van der Waals surface area contributed by atoms with Gasteiger partial charge in [-0.25, -0.2) is 14.0 Å². The second-order valence-electron chi connectivity index (χ2n) is 11.6. The number of carbonyl (C=O) groups excluding carboxylic acids is 1. The Bertz CT molecular complexity index is 2040. The molecule has 1 saturated heterocycles. The van der Waals surface area contributed by atoms with Crippen LogP contribution in [0.4, 0.5) is 14.9 Å². The predicted octanol–water partition coefficient (Wildman–Crippen LogP) is 5.94. The van der Waals surface area contributed by atoms with E-state index in [1.807, 2.05) is 24.3 Å². The third kappa shape index (κ3) is 4.03. The van der Waals surface area contributed by atoms with Gasteiger partial charge in [0.1, 0.15) is 33.5 Å². The van der Waals surface area contributed by atoms with Gasteiger partial charge in [-0.15, -0.1) is 0 Å². The zero-order valence-electron chi connectivity index (χ0n) is 23.0. The van der Waals surface area contributed by atoms with Crippen LogP contribution in [0.2, 0.25) is 0 Å². The molecular formula is C31H26FN3O7. The van der Waals surface area contributed by atoms with Gasteiger partial charge in [-0.2, -0.15) is 0 Å². The highest BCUT2D eigenvalue weighted by Gasteiger charge is 2.34. The number of halogens is 1. The molecule has 0 aliphatic carbocycles. The standard InChI is InChI=1S/C31H26FN3O7/c1-31(2,3)42-30(39)33-15-8-9-34(13-15)26-20(32)10-18-25-28(26)41-24-11-17-16-6-4-5-7-22(16)40-23(17)12-21(24)35(25)14-19(27(18)36)29(37)38/h4-7,10-12,14-15H,8-9,13H2,1-3H3,(H,33,39)(H,37,38)/t15-/m0/s1. The summed E-state index contributed by atoms with van der Waals surface area (Å²) in [5.74, 6) is -1.72. The minimum Gasteiger partial charge on any atom is -0.477 e. The number of carbonyl (C=O) groups is 2. The monoisotopic (exact) mass is 571 g/mol. The van der Waals surface area contributed by atoms with E-state index < -0.39 is 34.5 Å². The minimum absolute atomic E-state index is 0.0941. The van der Waals surface area contributed by atoms with Gasteiger partial charge in [0.2, 0.25) is 5.43 Å². The van der Waals surface area contributed by atoms with Crippen LogP contribution in [0.1, 0.15) is 37.6 Å². The first-order chi connectivity index (χ1) is 20.0. The zero-order valence-corrected chi connectivity index (χ0v) is 23.0. The minimum atomic E-state index is -1.43. The largest absolute Gasteiger partial charge is 0.477 e. The highest BCUT2D eigenvalue weighted by atomic mass is 19.1. The molecule has 214 valence electrons. The fourth-order valence-electron chi connectivity index (χ4n) is 5.83. The highest BCUT2D eigenvalue weighted by Crippen LogP contribution is 2.48. The quantitative estimate of drug-likeness (QED) is 0.268. The number of hydrogen-bond donors (Lipinski definition) is 2. The predicted molar refractivity (Wildman–Crippen MR) is 154 cm³/mol. The van der Waals surface area contributed by atoms with Gasteiger partial charge in [0.05, 0.1) is 17.1 Å². The van der Waals surface area contributed by atoms with Crippen molar-refractivity contribution in [3.05, 3.63) is 70.3 Å². The number of alkyl carbamates (subject to hydrolysis) is 1. The van der Waals surface area contributed by atoms with Gasteiger partial charge < -0.3 is 33.8 Å². The molecule has 11 heteroatoms. The Morgan fingerprint density at radius 3 is 2.64 bits per heavy atom. The van der Waals surface area contributed by atoms with Crippen molar-refractivity contribution < 1.29 is 33.0 Å². The molecule has 0 bridgehead atoms. The number of hydrogen-bond acceptors (Lipinski definition) is 7. The number of fused-ring (bicyclic) bond motifs is 5. The maximum absolute atomic E-state index is 15.9. The number of carboxylic acids is 1. The highest BCUT2D eigenvalue weighted by molar-refractivity contribution is 6.07. The first kappa shape index (κ1) is 25.9. The number of rotatable bonds is 3. The summed E-state index contributed by atoms with van der Waals surface area (Å²) in [5.41, 5.74) is 0.0410. The molecular weight excluding hydrogens is 545 g/mol. The van der Waals surface area contributed by atoms with E-state index in [0.717, 1.165) is 16.8 Å². The number of aromatic nitrogens is 1. The van der Waals surface area contributed by atoms with Crippen molar-refractivity contribution in [2.24, 2.45) is 0 Å². The van der Waals surface area contributed by atoms with E-state index in [0.29, 0.717) is 35.6 Å². The lowest BCUT2D eigenvalue weighted by Crippen LogP contribution is -2.40. The third-order valence-corrected chi connectivity index (χ3v) is 7.56. The van der Waals surface area contributed by atoms with Crippen LogP contribution < -0.4 is 20.4 Å². The van der Waals surface area contributed by atoms with Gasteiger partial charge in [-0.1, -0.05) is 18.2 Å². The summed E-state index contributed by atoms with van der Waals surface area (Å²) in [4.78, 5) is 39.4. The molecule has 10 nitrogen and oxygen atoms in total. The van der Waals surface area contributed by atoms with E-state index in [1.165, 1.54) is 6.20 Å². The van der Waals surface area contributed by atoms with Crippen molar-refractivity contribution in [3.8, 4) is 17.2 Å². The summed E-state index contributed by atoms with van der Waals surface area (Å²) in [6.07, 6.45) is 1.20. The van der Waals surface area contributed by atoms with Crippen molar-refractivity contribution in [2.45, 2.75) is 38.8 Å². The van der Waals surface area contributed by atoms with E-state index in [2.05, 4.69) is 5.32 Å². The number of nitrogens with zero attached hydrogens (tertiary/aromatic N) is 2.